The number of amides is 1. The van der Waals surface area contributed by atoms with Gasteiger partial charge in [0.2, 0.25) is 0 Å². The fourth-order valence-corrected chi connectivity index (χ4v) is 2.94. The van der Waals surface area contributed by atoms with Crippen molar-refractivity contribution in [1.29, 1.82) is 0 Å². The Kier molecular flexibility index (Phi) is 3.61. The van der Waals surface area contributed by atoms with Crippen LogP contribution in [-0.2, 0) is 13.6 Å². The van der Waals surface area contributed by atoms with Crippen molar-refractivity contribution in [3.05, 3.63) is 60.2 Å². The third-order valence-corrected chi connectivity index (χ3v) is 4.27. The van der Waals surface area contributed by atoms with E-state index in [0.29, 0.717) is 12.2 Å². The van der Waals surface area contributed by atoms with Crippen molar-refractivity contribution >= 4 is 22.5 Å². The van der Waals surface area contributed by atoms with Gasteiger partial charge in [-0.2, -0.15) is 5.10 Å². The molecule has 0 unspecified atom stereocenters. The molecule has 4 aromatic rings. The van der Waals surface area contributed by atoms with Gasteiger partial charge in [0.05, 0.1) is 13.3 Å². The fraction of sp³-hybridized carbons (Fsp3) is 0.167. The highest BCUT2D eigenvalue weighted by atomic mass is 16.5. The quantitative estimate of drug-likeness (QED) is 0.620. The van der Waals surface area contributed by atoms with Crippen LogP contribution in [0, 0.1) is 0 Å². The lowest BCUT2D eigenvalue weighted by atomic mass is 10.2. The molecule has 1 aromatic carbocycles. The molecule has 0 aliphatic carbocycles. The third-order valence-electron chi connectivity index (χ3n) is 4.27. The fourth-order valence-electron chi connectivity index (χ4n) is 2.94. The van der Waals surface area contributed by atoms with Gasteiger partial charge in [0.25, 0.3) is 5.91 Å². The molecule has 3 heterocycles. The van der Waals surface area contributed by atoms with E-state index in [1.807, 2.05) is 48.1 Å². The molecule has 7 heteroatoms. The number of fused-ring (bicyclic) bond motifs is 2. The standard InChI is InChI=1S/C18H17N5O2/c1-22-15-5-4-14(25-2)8-12(15)9-16(22)18(24)20-10-13-11-21-23-7-3-6-19-17(13)23/h3-9,11H,10H2,1-2H3,(H,20,24). The molecule has 1 N–H and O–H groups in total. The number of aromatic nitrogens is 4. The van der Waals surface area contributed by atoms with Gasteiger partial charge in [0.1, 0.15) is 11.4 Å². The Bertz CT molecular complexity index is 1080. The van der Waals surface area contributed by atoms with Gasteiger partial charge in [-0.3, -0.25) is 4.79 Å². The summed E-state index contributed by atoms with van der Waals surface area (Å²) in [5.74, 6) is 0.621. The molecule has 0 radical (unpaired) electrons. The Labute approximate surface area is 143 Å². The molecule has 1 amide bonds. The number of methoxy groups -OCH3 is 1. The zero-order chi connectivity index (χ0) is 17.4. The van der Waals surface area contributed by atoms with Crippen molar-refractivity contribution in [3.8, 4) is 5.75 Å². The SMILES string of the molecule is COc1ccc2c(c1)cc(C(=O)NCc1cnn3cccnc13)n2C. The lowest BCUT2D eigenvalue weighted by Crippen LogP contribution is -2.24. The predicted octanol–water partition coefficient (Wildman–Crippen LogP) is 2.16. The second-order valence-corrected chi connectivity index (χ2v) is 5.75. The van der Waals surface area contributed by atoms with Crippen LogP contribution in [0.15, 0.2) is 48.9 Å². The van der Waals surface area contributed by atoms with E-state index in [1.165, 1.54) is 0 Å². The number of benzene rings is 1. The van der Waals surface area contributed by atoms with Gasteiger partial charge in [0.15, 0.2) is 5.65 Å². The largest absolute Gasteiger partial charge is 0.497 e. The number of aryl methyl sites for hydroxylation is 1. The van der Waals surface area contributed by atoms with Crippen molar-refractivity contribution in [2.45, 2.75) is 6.54 Å². The van der Waals surface area contributed by atoms with E-state index in [-0.39, 0.29) is 5.91 Å². The first-order valence-corrected chi connectivity index (χ1v) is 7.86. The molecule has 0 aliphatic heterocycles. The first-order chi connectivity index (χ1) is 12.2. The number of ether oxygens (including phenoxy) is 1. The van der Waals surface area contributed by atoms with Gasteiger partial charge in [0, 0.05) is 42.5 Å². The van der Waals surface area contributed by atoms with E-state index in [9.17, 15) is 4.79 Å². The van der Waals surface area contributed by atoms with Crippen LogP contribution >= 0.6 is 0 Å². The van der Waals surface area contributed by atoms with E-state index in [1.54, 1.807) is 24.0 Å². The molecule has 0 saturated carbocycles. The Morgan fingerprint density at radius 2 is 2.20 bits per heavy atom. The smallest absolute Gasteiger partial charge is 0.268 e. The number of nitrogens with one attached hydrogen (secondary N) is 1. The summed E-state index contributed by atoms with van der Waals surface area (Å²) in [5.41, 5.74) is 3.18. The van der Waals surface area contributed by atoms with Crippen LogP contribution in [0.2, 0.25) is 0 Å². The van der Waals surface area contributed by atoms with Crippen molar-refractivity contribution in [1.82, 2.24) is 24.5 Å². The van der Waals surface area contributed by atoms with Crippen molar-refractivity contribution in [2.24, 2.45) is 7.05 Å². The minimum Gasteiger partial charge on any atom is -0.497 e. The second-order valence-electron chi connectivity index (χ2n) is 5.75. The van der Waals surface area contributed by atoms with Gasteiger partial charge in [-0.05, 0) is 30.3 Å². The van der Waals surface area contributed by atoms with Crippen LogP contribution in [0.5, 0.6) is 5.75 Å². The molecule has 3 aromatic heterocycles. The van der Waals surface area contributed by atoms with Gasteiger partial charge in [-0.1, -0.05) is 0 Å². The summed E-state index contributed by atoms with van der Waals surface area (Å²) >= 11 is 0. The highest BCUT2D eigenvalue weighted by molar-refractivity contribution is 5.99. The van der Waals surface area contributed by atoms with Gasteiger partial charge in [-0.15, -0.1) is 0 Å². The van der Waals surface area contributed by atoms with E-state index in [2.05, 4.69) is 15.4 Å². The van der Waals surface area contributed by atoms with E-state index in [0.717, 1.165) is 27.9 Å². The lowest BCUT2D eigenvalue weighted by molar-refractivity contribution is 0.0943. The van der Waals surface area contributed by atoms with Crippen LogP contribution in [0.4, 0.5) is 0 Å². The van der Waals surface area contributed by atoms with Crippen molar-refractivity contribution < 1.29 is 9.53 Å². The molecule has 0 atom stereocenters. The van der Waals surface area contributed by atoms with Crippen LogP contribution in [0.25, 0.3) is 16.6 Å². The zero-order valence-electron chi connectivity index (χ0n) is 13.9. The Balaban J connectivity index is 1.58. The average Bonchev–Trinajstić information content (AvgIpc) is 3.20. The minimum absolute atomic E-state index is 0.145. The molecule has 0 aliphatic rings. The summed E-state index contributed by atoms with van der Waals surface area (Å²) in [5, 5.41) is 8.13. The van der Waals surface area contributed by atoms with Gasteiger partial charge < -0.3 is 14.6 Å². The monoisotopic (exact) mass is 335 g/mol. The number of carbonyl (C=O) groups is 1. The Hall–Kier alpha value is -3.35. The third kappa shape index (κ3) is 2.59. The normalized spacial score (nSPS) is 11.1. The lowest BCUT2D eigenvalue weighted by Gasteiger charge is -2.06. The summed E-state index contributed by atoms with van der Waals surface area (Å²) in [6, 6.07) is 9.42. The van der Waals surface area contributed by atoms with E-state index in [4.69, 9.17) is 4.74 Å². The maximum atomic E-state index is 12.6. The number of hydrogen-bond acceptors (Lipinski definition) is 4. The molecule has 25 heavy (non-hydrogen) atoms. The summed E-state index contributed by atoms with van der Waals surface area (Å²) in [6.07, 6.45) is 5.25. The predicted molar refractivity (Wildman–Crippen MR) is 93.6 cm³/mol. The average molecular weight is 335 g/mol. The highest BCUT2D eigenvalue weighted by Gasteiger charge is 2.14. The van der Waals surface area contributed by atoms with Crippen LogP contribution in [-0.4, -0.2) is 32.2 Å². The summed E-state index contributed by atoms with van der Waals surface area (Å²) in [7, 11) is 3.50. The number of carbonyl (C=O) groups excluding carboxylic acids is 1. The molecular weight excluding hydrogens is 318 g/mol. The van der Waals surface area contributed by atoms with Crippen molar-refractivity contribution in [3.63, 3.8) is 0 Å². The molecule has 4 rings (SSSR count). The molecule has 0 spiro atoms. The van der Waals surface area contributed by atoms with E-state index >= 15 is 0 Å². The molecule has 0 saturated heterocycles. The molecule has 7 nitrogen and oxygen atoms in total. The second kappa shape index (κ2) is 5.94. The summed E-state index contributed by atoms with van der Waals surface area (Å²) in [6.45, 7) is 0.365. The zero-order valence-corrected chi connectivity index (χ0v) is 13.9. The summed E-state index contributed by atoms with van der Waals surface area (Å²) in [4.78, 5) is 16.9. The number of nitrogens with zero attached hydrogens (tertiary/aromatic N) is 4. The Morgan fingerprint density at radius 1 is 1.32 bits per heavy atom. The first-order valence-electron chi connectivity index (χ1n) is 7.86. The van der Waals surface area contributed by atoms with E-state index < -0.39 is 0 Å². The molecule has 126 valence electrons. The van der Waals surface area contributed by atoms with Gasteiger partial charge >= 0.3 is 0 Å². The number of rotatable bonds is 4. The number of hydrogen-bond donors (Lipinski definition) is 1. The minimum atomic E-state index is -0.145. The van der Waals surface area contributed by atoms with Crippen LogP contribution < -0.4 is 10.1 Å². The highest BCUT2D eigenvalue weighted by Crippen LogP contribution is 2.23. The maximum absolute atomic E-state index is 12.6. The van der Waals surface area contributed by atoms with Gasteiger partial charge in [-0.25, -0.2) is 9.50 Å². The molecule has 0 fully saturated rings. The first kappa shape index (κ1) is 15.2. The van der Waals surface area contributed by atoms with Crippen LogP contribution in [0.1, 0.15) is 16.1 Å². The Morgan fingerprint density at radius 3 is 3.04 bits per heavy atom. The molecular formula is C18H17N5O2. The molecule has 0 bridgehead atoms. The topological polar surface area (TPSA) is 73.4 Å². The maximum Gasteiger partial charge on any atom is 0.268 e. The van der Waals surface area contributed by atoms with Crippen molar-refractivity contribution in [2.75, 3.05) is 7.11 Å². The summed E-state index contributed by atoms with van der Waals surface area (Å²) < 4.78 is 8.80. The van der Waals surface area contributed by atoms with Crippen LogP contribution in [0.3, 0.4) is 0 Å².